The molecule has 0 radical (unpaired) electrons. The maximum Gasteiger partial charge on any atom is 0.127 e. The van der Waals surface area contributed by atoms with Crippen molar-refractivity contribution in [3.8, 4) is 0 Å². The normalized spacial score (nSPS) is 12.1. The van der Waals surface area contributed by atoms with E-state index in [0.29, 0.717) is 0 Å². The predicted octanol–water partition coefficient (Wildman–Crippen LogP) is 6.84. The van der Waals surface area contributed by atoms with Crippen molar-refractivity contribution in [3.63, 3.8) is 0 Å². The highest BCUT2D eigenvalue weighted by molar-refractivity contribution is 7.19. The summed E-state index contributed by atoms with van der Waals surface area (Å²) in [7, 11) is 0. The van der Waals surface area contributed by atoms with E-state index in [2.05, 4.69) is 22.1 Å². The van der Waals surface area contributed by atoms with Crippen LogP contribution in [0.4, 0.5) is 0 Å². The molecule has 0 atom stereocenters. The lowest BCUT2D eigenvalue weighted by molar-refractivity contribution is 0.547. The molecule has 0 N–H and O–H groups in total. The third-order valence-corrected chi connectivity index (χ3v) is 6.05. The lowest BCUT2D eigenvalue weighted by atomic mass is 10.3. The number of hydrogen-bond donors (Lipinski definition) is 0. The number of rotatable bonds is 4. The molecule has 0 aliphatic carbocycles. The molecular weight excluding hydrogens is 372 g/mol. The van der Waals surface area contributed by atoms with Crippen LogP contribution in [0.1, 0.15) is 21.5 Å². The number of benzene rings is 2. The second-order valence-corrected chi connectivity index (χ2v) is 8.07. The summed E-state index contributed by atoms with van der Waals surface area (Å²) in [6.45, 7) is 0. The number of nitrogens with zero attached hydrogens (tertiary/aromatic N) is 2. The minimum atomic E-state index is 0.804. The molecule has 0 saturated carbocycles. The zero-order valence-electron chi connectivity index (χ0n) is 14.2. The van der Waals surface area contributed by atoms with E-state index in [-0.39, 0.29) is 0 Å². The quantitative estimate of drug-likeness (QED) is 0.339. The standard InChI is InChI=1S/C22H14N2OS2/c1-3-7-19-17(5-1)23-21(26-19)13-11-15-9-10-16(25-15)12-14-22-24-18-6-2-4-8-20(18)27-22/h1-14H/b13-11+,14-12+. The van der Waals surface area contributed by atoms with Crippen molar-refractivity contribution in [2.24, 2.45) is 0 Å². The molecule has 0 aliphatic heterocycles. The van der Waals surface area contributed by atoms with E-state index in [4.69, 9.17) is 4.42 Å². The SMILES string of the molecule is C(=C\c1nc2ccccc2s1)/c1ccc(/C=C/c2nc3ccccc3s2)o1. The Labute approximate surface area is 164 Å². The fraction of sp³-hybridized carbons (Fsp3) is 0. The van der Waals surface area contributed by atoms with Crippen LogP contribution < -0.4 is 0 Å². The van der Waals surface area contributed by atoms with Crippen molar-refractivity contribution < 1.29 is 4.42 Å². The zero-order valence-corrected chi connectivity index (χ0v) is 15.8. The van der Waals surface area contributed by atoms with Crippen molar-refractivity contribution >= 4 is 67.4 Å². The Morgan fingerprint density at radius 1 is 0.593 bits per heavy atom. The molecule has 5 heteroatoms. The third kappa shape index (κ3) is 3.47. The molecule has 27 heavy (non-hydrogen) atoms. The topological polar surface area (TPSA) is 38.9 Å². The largest absolute Gasteiger partial charge is 0.457 e. The zero-order chi connectivity index (χ0) is 18.1. The highest BCUT2D eigenvalue weighted by atomic mass is 32.1. The average molecular weight is 387 g/mol. The molecule has 0 unspecified atom stereocenters. The monoisotopic (exact) mass is 386 g/mol. The Morgan fingerprint density at radius 2 is 1.07 bits per heavy atom. The van der Waals surface area contributed by atoms with Gasteiger partial charge in [-0.2, -0.15) is 0 Å². The van der Waals surface area contributed by atoms with Gasteiger partial charge in [-0.05, 0) is 60.7 Å². The number of thiazole rings is 2. The van der Waals surface area contributed by atoms with Crippen molar-refractivity contribution in [2.45, 2.75) is 0 Å². The summed E-state index contributed by atoms with van der Waals surface area (Å²) < 4.78 is 8.24. The summed E-state index contributed by atoms with van der Waals surface area (Å²) in [5.41, 5.74) is 2.06. The van der Waals surface area contributed by atoms with Crippen LogP contribution in [0.2, 0.25) is 0 Å². The van der Waals surface area contributed by atoms with Crippen LogP contribution in [0, 0.1) is 0 Å². The molecule has 0 saturated heterocycles. The second kappa shape index (κ2) is 6.95. The lowest BCUT2D eigenvalue weighted by Crippen LogP contribution is -1.69. The van der Waals surface area contributed by atoms with Gasteiger partial charge in [0.25, 0.3) is 0 Å². The van der Waals surface area contributed by atoms with Gasteiger partial charge in [0.1, 0.15) is 21.5 Å². The minimum Gasteiger partial charge on any atom is -0.457 e. The highest BCUT2D eigenvalue weighted by Crippen LogP contribution is 2.25. The summed E-state index contributed by atoms with van der Waals surface area (Å²) in [6.07, 6.45) is 7.88. The van der Waals surface area contributed by atoms with Gasteiger partial charge in [-0.3, -0.25) is 0 Å². The van der Waals surface area contributed by atoms with Crippen LogP contribution in [0.15, 0.2) is 65.1 Å². The lowest BCUT2D eigenvalue weighted by Gasteiger charge is -1.86. The van der Waals surface area contributed by atoms with Gasteiger partial charge in [-0.25, -0.2) is 9.97 Å². The molecule has 130 valence electrons. The molecular formula is C22H14N2OS2. The van der Waals surface area contributed by atoms with Crippen LogP contribution in [0.5, 0.6) is 0 Å². The molecule has 3 nitrogen and oxygen atoms in total. The van der Waals surface area contributed by atoms with Crippen LogP contribution >= 0.6 is 22.7 Å². The van der Waals surface area contributed by atoms with Gasteiger partial charge in [0.05, 0.1) is 20.4 Å². The van der Waals surface area contributed by atoms with E-state index in [1.165, 1.54) is 9.40 Å². The van der Waals surface area contributed by atoms with Crippen LogP contribution in [0.25, 0.3) is 44.7 Å². The number of hydrogen-bond acceptors (Lipinski definition) is 5. The molecule has 0 fully saturated rings. The van der Waals surface area contributed by atoms with Crippen molar-refractivity contribution in [1.29, 1.82) is 0 Å². The van der Waals surface area contributed by atoms with E-state index in [1.807, 2.05) is 72.8 Å². The van der Waals surface area contributed by atoms with Crippen molar-refractivity contribution in [3.05, 3.63) is 82.2 Å². The molecule has 0 amide bonds. The molecule has 5 aromatic rings. The average Bonchev–Trinajstić information content (AvgIpc) is 3.41. The third-order valence-electron chi connectivity index (χ3n) is 4.05. The van der Waals surface area contributed by atoms with Crippen molar-refractivity contribution in [1.82, 2.24) is 9.97 Å². The van der Waals surface area contributed by atoms with E-state index in [9.17, 15) is 0 Å². The fourth-order valence-electron chi connectivity index (χ4n) is 2.78. The highest BCUT2D eigenvalue weighted by Gasteiger charge is 2.02. The first-order valence-corrected chi connectivity index (χ1v) is 10.1. The number of aromatic nitrogens is 2. The van der Waals surface area contributed by atoms with Gasteiger partial charge in [0.15, 0.2) is 0 Å². The number of para-hydroxylation sites is 2. The molecule has 3 aromatic heterocycles. The summed E-state index contributed by atoms with van der Waals surface area (Å²) in [5.74, 6) is 1.61. The van der Waals surface area contributed by atoms with Gasteiger partial charge in [0, 0.05) is 0 Å². The van der Waals surface area contributed by atoms with E-state index >= 15 is 0 Å². The molecule has 2 aromatic carbocycles. The predicted molar refractivity (Wildman–Crippen MR) is 116 cm³/mol. The van der Waals surface area contributed by atoms with Crippen molar-refractivity contribution in [2.75, 3.05) is 0 Å². The first kappa shape index (κ1) is 16.2. The Balaban J connectivity index is 1.33. The van der Waals surface area contributed by atoms with Gasteiger partial charge in [-0.1, -0.05) is 24.3 Å². The van der Waals surface area contributed by atoms with E-state index in [0.717, 1.165) is 32.6 Å². The smallest absolute Gasteiger partial charge is 0.127 e. The maximum absolute atomic E-state index is 5.86. The number of fused-ring (bicyclic) bond motifs is 2. The van der Waals surface area contributed by atoms with Gasteiger partial charge < -0.3 is 4.42 Å². The Kier molecular flexibility index (Phi) is 4.16. The van der Waals surface area contributed by atoms with E-state index < -0.39 is 0 Å². The molecule has 0 aliphatic rings. The van der Waals surface area contributed by atoms with Crippen LogP contribution in [-0.4, -0.2) is 9.97 Å². The number of furan rings is 1. The molecule has 0 bridgehead atoms. The molecule has 5 rings (SSSR count). The Bertz CT molecular complexity index is 1130. The second-order valence-electron chi connectivity index (χ2n) is 5.95. The minimum absolute atomic E-state index is 0.804. The first-order valence-electron chi connectivity index (χ1n) is 8.51. The summed E-state index contributed by atoms with van der Waals surface area (Å²) in [4.78, 5) is 9.20. The molecule has 0 spiro atoms. The summed E-state index contributed by atoms with van der Waals surface area (Å²) >= 11 is 3.34. The summed E-state index contributed by atoms with van der Waals surface area (Å²) in [5, 5.41) is 1.94. The van der Waals surface area contributed by atoms with Crippen LogP contribution in [-0.2, 0) is 0 Å². The Hall–Kier alpha value is -3.02. The molecule has 3 heterocycles. The van der Waals surface area contributed by atoms with Gasteiger partial charge in [0.2, 0.25) is 0 Å². The Morgan fingerprint density at radius 3 is 1.56 bits per heavy atom. The van der Waals surface area contributed by atoms with Gasteiger partial charge >= 0.3 is 0 Å². The van der Waals surface area contributed by atoms with E-state index in [1.54, 1.807) is 22.7 Å². The first-order chi connectivity index (χ1) is 13.3. The van der Waals surface area contributed by atoms with Crippen LogP contribution in [0.3, 0.4) is 0 Å². The summed E-state index contributed by atoms with van der Waals surface area (Å²) in [6, 6.07) is 20.2. The van der Waals surface area contributed by atoms with Gasteiger partial charge in [-0.15, -0.1) is 22.7 Å². The maximum atomic E-state index is 5.86. The fourth-order valence-corrected chi connectivity index (χ4v) is 4.52.